The zero-order valence-electron chi connectivity index (χ0n) is 12.7. The summed E-state index contributed by atoms with van der Waals surface area (Å²) in [6, 6.07) is -0.581. The smallest absolute Gasteiger partial charge is 0.306 e. The van der Waals surface area contributed by atoms with E-state index in [1.165, 1.54) is 7.05 Å². The molecule has 1 aliphatic rings. The first-order valence-electron chi connectivity index (χ1n) is 6.97. The van der Waals surface area contributed by atoms with Crippen LogP contribution in [0.25, 0.3) is 0 Å². The molecule has 6 heteroatoms. The molecule has 0 unspecified atom stereocenters. The Balaban J connectivity index is 2.60. The highest BCUT2D eigenvalue weighted by Gasteiger charge is 2.32. The third kappa shape index (κ3) is 4.83. The Morgan fingerprint density at radius 3 is 2.50 bits per heavy atom. The molecule has 114 valence electrons. The van der Waals surface area contributed by atoms with Gasteiger partial charge in [0.15, 0.2) is 0 Å². The average Bonchev–Trinajstić information content (AvgIpc) is 2.73. The Bertz CT molecular complexity index is 387. The van der Waals surface area contributed by atoms with Crippen molar-refractivity contribution >= 4 is 17.8 Å². The number of likely N-dealkylation sites (N-methyl/N-ethyl adjacent to an activating group) is 1. The van der Waals surface area contributed by atoms with Gasteiger partial charge in [-0.15, -0.1) is 0 Å². The number of hydrogen-bond donors (Lipinski definition) is 1. The molecule has 1 atom stereocenters. The summed E-state index contributed by atoms with van der Waals surface area (Å²) in [7, 11) is 1.53. The maximum absolute atomic E-state index is 11.9. The van der Waals surface area contributed by atoms with E-state index in [1.807, 2.05) is 0 Å². The molecule has 0 bridgehead atoms. The molecule has 0 radical (unpaired) electrons. The molecule has 1 saturated heterocycles. The van der Waals surface area contributed by atoms with Crippen molar-refractivity contribution in [2.75, 3.05) is 13.6 Å². The predicted molar refractivity (Wildman–Crippen MR) is 73.9 cm³/mol. The normalized spacial score (nSPS) is 17.0. The molecular formula is C14H24N2O4. The number of likely N-dealkylation sites (tertiary alicyclic amines) is 1. The molecule has 0 aromatic carbocycles. The molecule has 0 aliphatic carbocycles. The Morgan fingerprint density at radius 1 is 1.40 bits per heavy atom. The molecule has 1 fully saturated rings. The Morgan fingerprint density at radius 2 is 2.05 bits per heavy atom. The summed E-state index contributed by atoms with van der Waals surface area (Å²) in [6.45, 7) is 5.96. The average molecular weight is 284 g/mol. The third-order valence-corrected chi connectivity index (χ3v) is 3.08. The minimum atomic E-state index is -0.581. The molecule has 0 spiro atoms. The minimum absolute atomic E-state index is 0.0252. The summed E-state index contributed by atoms with van der Waals surface area (Å²) < 4.78 is 5.22. The van der Waals surface area contributed by atoms with Gasteiger partial charge >= 0.3 is 5.97 Å². The number of nitrogens with zero attached hydrogens (tertiary/aromatic N) is 1. The van der Waals surface area contributed by atoms with Gasteiger partial charge in [0.1, 0.15) is 11.6 Å². The van der Waals surface area contributed by atoms with E-state index in [0.717, 1.165) is 6.42 Å². The van der Waals surface area contributed by atoms with Crippen molar-refractivity contribution in [3.8, 4) is 0 Å². The number of ether oxygens (including phenoxy) is 1. The molecule has 0 saturated carbocycles. The van der Waals surface area contributed by atoms with Gasteiger partial charge in [0.05, 0.1) is 0 Å². The van der Waals surface area contributed by atoms with E-state index in [0.29, 0.717) is 19.4 Å². The van der Waals surface area contributed by atoms with Crippen LogP contribution in [-0.2, 0) is 19.1 Å². The van der Waals surface area contributed by atoms with Crippen LogP contribution >= 0.6 is 0 Å². The molecule has 2 amide bonds. The number of carbonyl (C=O) groups excluding carboxylic acids is 3. The fraction of sp³-hybridized carbons (Fsp3) is 0.786. The number of rotatable bonds is 5. The highest BCUT2D eigenvalue weighted by atomic mass is 16.6. The lowest BCUT2D eigenvalue weighted by atomic mass is 10.1. The first kappa shape index (κ1) is 16.5. The van der Waals surface area contributed by atoms with E-state index in [9.17, 15) is 14.4 Å². The Hall–Kier alpha value is -1.59. The topological polar surface area (TPSA) is 75.7 Å². The molecule has 20 heavy (non-hydrogen) atoms. The highest BCUT2D eigenvalue weighted by molar-refractivity contribution is 5.88. The quantitative estimate of drug-likeness (QED) is 0.759. The number of carbonyl (C=O) groups is 3. The molecule has 1 N–H and O–H groups in total. The van der Waals surface area contributed by atoms with Gasteiger partial charge in [-0.25, -0.2) is 0 Å². The van der Waals surface area contributed by atoms with Crippen LogP contribution in [0.1, 0.15) is 46.5 Å². The zero-order valence-corrected chi connectivity index (χ0v) is 12.7. The minimum Gasteiger partial charge on any atom is -0.460 e. The van der Waals surface area contributed by atoms with Crippen molar-refractivity contribution in [3.63, 3.8) is 0 Å². The van der Waals surface area contributed by atoms with Crippen molar-refractivity contribution in [2.24, 2.45) is 0 Å². The standard InChI is InChI=1S/C14H24N2O4/c1-14(2,3)20-12(18)8-7-10(13(19)15-4)16-9-5-6-11(16)17/h10H,5-9H2,1-4H3,(H,15,19)/t10-/m0/s1. The fourth-order valence-corrected chi connectivity index (χ4v) is 2.24. The maximum atomic E-state index is 11.9. The summed E-state index contributed by atoms with van der Waals surface area (Å²) in [6.07, 6.45) is 1.65. The van der Waals surface area contributed by atoms with Crippen LogP contribution in [0.15, 0.2) is 0 Å². The monoisotopic (exact) mass is 284 g/mol. The Kier molecular flexibility index (Phi) is 5.53. The van der Waals surface area contributed by atoms with Crippen LogP contribution < -0.4 is 5.32 Å². The summed E-state index contributed by atoms with van der Waals surface area (Å²) in [5.41, 5.74) is -0.539. The van der Waals surface area contributed by atoms with Gasteiger partial charge in [0.25, 0.3) is 0 Å². The molecular weight excluding hydrogens is 260 g/mol. The van der Waals surface area contributed by atoms with Crippen LogP contribution in [-0.4, -0.2) is 47.9 Å². The van der Waals surface area contributed by atoms with Gasteiger partial charge in [-0.05, 0) is 33.6 Å². The molecule has 1 rings (SSSR count). The summed E-state index contributed by atoms with van der Waals surface area (Å²) >= 11 is 0. The second-order valence-electron chi connectivity index (χ2n) is 5.95. The fourth-order valence-electron chi connectivity index (χ4n) is 2.24. The SMILES string of the molecule is CNC(=O)[C@H](CCC(=O)OC(C)(C)C)N1CCCC1=O. The summed E-state index contributed by atoms with van der Waals surface area (Å²) in [5.74, 6) is -0.607. The zero-order chi connectivity index (χ0) is 15.3. The van der Waals surface area contributed by atoms with Gasteiger partial charge in [0, 0.05) is 26.4 Å². The predicted octanol–water partition coefficient (Wildman–Crippen LogP) is 0.845. The van der Waals surface area contributed by atoms with Crippen LogP contribution in [0.3, 0.4) is 0 Å². The van der Waals surface area contributed by atoms with Gasteiger partial charge in [-0.1, -0.05) is 0 Å². The van der Waals surface area contributed by atoms with E-state index >= 15 is 0 Å². The molecule has 0 aromatic rings. The largest absolute Gasteiger partial charge is 0.460 e. The van der Waals surface area contributed by atoms with Gasteiger partial charge in [-0.3, -0.25) is 14.4 Å². The molecule has 6 nitrogen and oxygen atoms in total. The van der Waals surface area contributed by atoms with E-state index in [-0.39, 0.29) is 24.2 Å². The molecule has 1 heterocycles. The first-order chi connectivity index (χ1) is 9.24. The number of hydrogen-bond acceptors (Lipinski definition) is 4. The van der Waals surface area contributed by atoms with Crippen molar-refractivity contribution in [1.29, 1.82) is 0 Å². The molecule has 0 aromatic heterocycles. The highest BCUT2D eigenvalue weighted by Crippen LogP contribution is 2.18. The lowest BCUT2D eigenvalue weighted by molar-refractivity contribution is -0.155. The van der Waals surface area contributed by atoms with Crippen LogP contribution in [0, 0.1) is 0 Å². The second kappa shape index (κ2) is 6.72. The van der Waals surface area contributed by atoms with Crippen molar-refractivity contribution in [3.05, 3.63) is 0 Å². The summed E-state index contributed by atoms with van der Waals surface area (Å²) in [4.78, 5) is 36.9. The first-order valence-corrected chi connectivity index (χ1v) is 6.97. The van der Waals surface area contributed by atoms with Crippen LogP contribution in [0.4, 0.5) is 0 Å². The molecule has 1 aliphatic heterocycles. The number of nitrogens with one attached hydrogen (secondary N) is 1. The van der Waals surface area contributed by atoms with Gasteiger partial charge in [0.2, 0.25) is 11.8 Å². The summed E-state index contributed by atoms with van der Waals surface area (Å²) in [5, 5.41) is 2.55. The van der Waals surface area contributed by atoms with Crippen molar-refractivity contribution in [1.82, 2.24) is 10.2 Å². The van der Waals surface area contributed by atoms with E-state index in [4.69, 9.17) is 4.74 Å². The lowest BCUT2D eigenvalue weighted by Gasteiger charge is -2.26. The van der Waals surface area contributed by atoms with Gasteiger partial charge < -0.3 is 15.0 Å². The van der Waals surface area contributed by atoms with Gasteiger partial charge in [-0.2, -0.15) is 0 Å². The third-order valence-electron chi connectivity index (χ3n) is 3.08. The number of esters is 1. The van der Waals surface area contributed by atoms with Crippen LogP contribution in [0.2, 0.25) is 0 Å². The van der Waals surface area contributed by atoms with Crippen molar-refractivity contribution < 1.29 is 19.1 Å². The van der Waals surface area contributed by atoms with E-state index < -0.39 is 11.6 Å². The Labute approximate surface area is 119 Å². The second-order valence-corrected chi connectivity index (χ2v) is 5.95. The maximum Gasteiger partial charge on any atom is 0.306 e. The van der Waals surface area contributed by atoms with E-state index in [1.54, 1.807) is 25.7 Å². The lowest BCUT2D eigenvalue weighted by Crippen LogP contribution is -2.46. The van der Waals surface area contributed by atoms with Crippen molar-refractivity contribution in [2.45, 2.75) is 58.1 Å². The number of amides is 2. The van der Waals surface area contributed by atoms with Crippen LogP contribution in [0.5, 0.6) is 0 Å². The van der Waals surface area contributed by atoms with E-state index in [2.05, 4.69) is 5.32 Å².